The Morgan fingerprint density at radius 3 is 1.88 bits per heavy atom. The number of halogens is 2. The molecule has 0 nitrogen and oxygen atoms in total. The molecular weight excluding hydrogens is 143 g/mol. The van der Waals surface area contributed by atoms with E-state index in [1.165, 1.54) is 0 Å². The summed E-state index contributed by atoms with van der Waals surface area (Å²) in [6.45, 7) is 7.46. The Morgan fingerprint density at radius 1 is 1.50 bits per heavy atom. The van der Waals surface area contributed by atoms with Crippen molar-refractivity contribution in [2.75, 3.05) is 0 Å². The Balaban J connectivity index is 3.90. The van der Waals surface area contributed by atoms with Crippen LogP contribution in [0.25, 0.3) is 0 Å². The fourth-order valence-corrected chi connectivity index (χ4v) is 0.267. The van der Waals surface area contributed by atoms with Crippen LogP contribution in [-0.4, -0.2) is 4.84 Å². The molecule has 0 aliphatic rings. The maximum absolute atomic E-state index is 5.56. The molecule has 0 spiro atoms. The summed E-state index contributed by atoms with van der Waals surface area (Å²) in [5.74, 6) is 0. The van der Waals surface area contributed by atoms with Crippen LogP contribution in [0.15, 0.2) is 12.7 Å². The fraction of sp³-hybridized carbons (Fsp3) is 0.667. The first-order chi connectivity index (χ1) is 3.50. The van der Waals surface area contributed by atoms with Crippen molar-refractivity contribution >= 4 is 23.2 Å². The third kappa shape index (κ3) is 2.06. The molecule has 0 aromatic carbocycles. The maximum Gasteiger partial charge on any atom is 0.116 e. The van der Waals surface area contributed by atoms with Crippen LogP contribution in [0.5, 0.6) is 0 Å². The highest BCUT2D eigenvalue weighted by molar-refractivity contribution is 6.44. The largest absolute Gasteiger partial charge is 0.116 e. The van der Waals surface area contributed by atoms with Gasteiger partial charge in [-0.2, -0.15) is 0 Å². The molecule has 0 atom stereocenters. The van der Waals surface area contributed by atoms with Crippen molar-refractivity contribution < 1.29 is 0 Å². The zero-order valence-corrected chi connectivity index (χ0v) is 6.63. The Labute approximate surface area is 60.5 Å². The lowest BCUT2D eigenvalue weighted by Crippen LogP contribution is -2.15. The van der Waals surface area contributed by atoms with Crippen molar-refractivity contribution in [3.8, 4) is 0 Å². The minimum absolute atomic E-state index is 0.164. The maximum atomic E-state index is 5.56. The highest BCUT2D eigenvalue weighted by atomic mass is 35.5. The number of alkyl halides is 2. The van der Waals surface area contributed by atoms with E-state index in [2.05, 4.69) is 6.58 Å². The van der Waals surface area contributed by atoms with Crippen LogP contribution in [0.1, 0.15) is 13.8 Å². The molecule has 2 heteroatoms. The van der Waals surface area contributed by atoms with Gasteiger partial charge in [0.1, 0.15) is 4.84 Å². The third-order valence-corrected chi connectivity index (χ3v) is 2.21. The fourth-order valence-electron chi connectivity index (χ4n) is 0.0891. The van der Waals surface area contributed by atoms with E-state index in [0.29, 0.717) is 0 Å². The molecule has 0 fully saturated rings. The molecule has 0 unspecified atom stereocenters. The Kier molecular flexibility index (Phi) is 2.86. The average molecular weight is 153 g/mol. The van der Waals surface area contributed by atoms with Crippen LogP contribution in [0.2, 0.25) is 0 Å². The Hall–Kier alpha value is 0.320. The van der Waals surface area contributed by atoms with Crippen molar-refractivity contribution in [3.63, 3.8) is 0 Å². The standard InChI is InChI=1S/C6H10Cl2/c1-4-6(2,3)5(7)8/h4-5H,1H2,2-3H3. The molecule has 0 amide bonds. The highest BCUT2D eigenvalue weighted by Crippen LogP contribution is 2.28. The first-order valence-corrected chi connectivity index (χ1v) is 3.29. The van der Waals surface area contributed by atoms with Crippen molar-refractivity contribution in [2.24, 2.45) is 5.41 Å². The summed E-state index contributed by atoms with van der Waals surface area (Å²) in [6.07, 6.45) is 1.75. The molecule has 0 rings (SSSR count). The molecule has 0 aliphatic heterocycles. The van der Waals surface area contributed by atoms with E-state index in [0.717, 1.165) is 0 Å². The van der Waals surface area contributed by atoms with Gasteiger partial charge in [0.15, 0.2) is 0 Å². The van der Waals surface area contributed by atoms with Gasteiger partial charge in [0, 0.05) is 5.41 Å². The van der Waals surface area contributed by atoms with Crippen molar-refractivity contribution in [3.05, 3.63) is 12.7 Å². The van der Waals surface area contributed by atoms with E-state index in [9.17, 15) is 0 Å². The predicted octanol–water partition coefficient (Wildman–Crippen LogP) is 3.00. The molecule has 0 heterocycles. The van der Waals surface area contributed by atoms with E-state index < -0.39 is 0 Å². The summed E-state index contributed by atoms with van der Waals surface area (Å²) in [5, 5.41) is 0. The number of hydrogen-bond acceptors (Lipinski definition) is 0. The summed E-state index contributed by atoms with van der Waals surface area (Å²) in [7, 11) is 0. The molecule has 0 N–H and O–H groups in total. The van der Waals surface area contributed by atoms with E-state index in [4.69, 9.17) is 23.2 Å². The topological polar surface area (TPSA) is 0 Å². The summed E-state index contributed by atoms with van der Waals surface area (Å²) >= 11 is 11.1. The second kappa shape index (κ2) is 2.75. The van der Waals surface area contributed by atoms with Gasteiger partial charge < -0.3 is 0 Å². The first-order valence-electron chi connectivity index (χ1n) is 2.42. The van der Waals surface area contributed by atoms with Crippen LogP contribution in [0.3, 0.4) is 0 Å². The number of allylic oxidation sites excluding steroid dienone is 1. The van der Waals surface area contributed by atoms with Crippen LogP contribution in [0, 0.1) is 5.41 Å². The molecule has 0 radical (unpaired) electrons. The molecule has 0 bridgehead atoms. The average Bonchev–Trinajstić information content (AvgIpc) is 1.67. The quantitative estimate of drug-likeness (QED) is 0.422. The van der Waals surface area contributed by atoms with Gasteiger partial charge in [0.2, 0.25) is 0 Å². The zero-order chi connectivity index (χ0) is 6.78. The number of hydrogen-bond donors (Lipinski definition) is 0. The van der Waals surface area contributed by atoms with Crippen molar-refractivity contribution in [1.82, 2.24) is 0 Å². The van der Waals surface area contributed by atoms with Gasteiger partial charge in [-0.05, 0) is 0 Å². The second-order valence-electron chi connectivity index (χ2n) is 2.33. The highest BCUT2D eigenvalue weighted by Gasteiger charge is 2.21. The van der Waals surface area contributed by atoms with Gasteiger partial charge in [-0.3, -0.25) is 0 Å². The summed E-state index contributed by atoms with van der Waals surface area (Å²) in [4.78, 5) is -0.361. The van der Waals surface area contributed by atoms with Crippen molar-refractivity contribution in [1.29, 1.82) is 0 Å². The summed E-state index contributed by atoms with van der Waals surface area (Å²) < 4.78 is 0. The molecule has 48 valence electrons. The second-order valence-corrected chi connectivity index (χ2v) is 3.42. The molecular formula is C6H10Cl2. The van der Waals surface area contributed by atoms with Crippen LogP contribution in [0.4, 0.5) is 0 Å². The minimum atomic E-state index is -0.361. The predicted molar refractivity (Wildman–Crippen MR) is 39.5 cm³/mol. The normalized spacial score (nSPS) is 12.1. The summed E-state index contributed by atoms with van der Waals surface area (Å²) in [5.41, 5.74) is -0.164. The Morgan fingerprint density at radius 2 is 1.88 bits per heavy atom. The van der Waals surface area contributed by atoms with Crippen LogP contribution in [-0.2, 0) is 0 Å². The minimum Gasteiger partial charge on any atom is -0.104 e. The smallest absolute Gasteiger partial charge is 0.104 e. The van der Waals surface area contributed by atoms with Gasteiger partial charge >= 0.3 is 0 Å². The van der Waals surface area contributed by atoms with E-state index in [-0.39, 0.29) is 10.3 Å². The number of rotatable bonds is 2. The lowest BCUT2D eigenvalue weighted by atomic mass is 9.97. The molecule has 0 aromatic rings. The third-order valence-electron chi connectivity index (χ3n) is 1.09. The van der Waals surface area contributed by atoms with E-state index in [1.807, 2.05) is 13.8 Å². The van der Waals surface area contributed by atoms with Crippen molar-refractivity contribution in [2.45, 2.75) is 18.7 Å². The van der Waals surface area contributed by atoms with Crippen LogP contribution >= 0.6 is 23.2 Å². The summed E-state index contributed by atoms with van der Waals surface area (Å²) in [6, 6.07) is 0. The van der Waals surface area contributed by atoms with Gasteiger partial charge in [-0.15, -0.1) is 29.8 Å². The van der Waals surface area contributed by atoms with Gasteiger partial charge in [-0.25, -0.2) is 0 Å². The molecule has 0 aromatic heterocycles. The SMILES string of the molecule is C=CC(C)(C)C(Cl)Cl. The molecule has 0 saturated carbocycles. The Bertz CT molecular complexity index is 84.5. The molecule has 0 saturated heterocycles. The molecule has 8 heavy (non-hydrogen) atoms. The first kappa shape index (κ1) is 8.32. The van der Waals surface area contributed by atoms with E-state index in [1.54, 1.807) is 6.08 Å². The van der Waals surface area contributed by atoms with Gasteiger partial charge in [0.05, 0.1) is 0 Å². The van der Waals surface area contributed by atoms with E-state index >= 15 is 0 Å². The van der Waals surface area contributed by atoms with Crippen LogP contribution < -0.4 is 0 Å². The monoisotopic (exact) mass is 152 g/mol. The van der Waals surface area contributed by atoms with Gasteiger partial charge in [-0.1, -0.05) is 19.9 Å². The zero-order valence-electron chi connectivity index (χ0n) is 5.12. The lowest BCUT2D eigenvalue weighted by Gasteiger charge is -2.19. The van der Waals surface area contributed by atoms with Gasteiger partial charge in [0.25, 0.3) is 0 Å². The molecule has 0 aliphatic carbocycles. The lowest BCUT2D eigenvalue weighted by molar-refractivity contribution is 0.524.